The number of nitrogens with one attached hydrogen (secondary N) is 1. The highest BCUT2D eigenvalue weighted by molar-refractivity contribution is 5.97. The number of amides is 1. The fourth-order valence-electron chi connectivity index (χ4n) is 1.90. The van der Waals surface area contributed by atoms with E-state index in [1.807, 2.05) is 41.3 Å². The minimum atomic E-state index is -0.345. The van der Waals surface area contributed by atoms with Gasteiger partial charge in [0.25, 0.3) is 5.91 Å². The minimum Gasteiger partial charge on any atom is -0.378 e. The Kier molecular flexibility index (Phi) is 5.15. The normalized spacial score (nSPS) is 15.6. The van der Waals surface area contributed by atoms with Crippen molar-refractivity contribution in [3.63, 3.8) is 0 Å². The maximum atomic E-state index is 12.0. The molecule has 0 saturated carbocycles. The van der Waals surface area contributed by atoms with E-state index in [-0.39, 0.29) is 11.5 Å². The maximum Gasteiger partial charge on any atom is 0.263 e. The first-order chi connectivity index (χ1) is 9.79. The van der Waals surface area contributed by atoms with Gasteiger partial charge in [-0.1, -0.05) is 30.3 Å². The van der Waals surface area contributed by atoms with Crippen LogP contribution in [0, 0.1) is 11.3 Å². The highest BCUT2D eigenvalue weighted by atomic mass is 16.5. The van der Waals surface area contributed by atoms with E-state index in [1.54, 1.807) is 6.20 Å². The monoisotopic (exact) mass is 271 g/mol. The number of nitriles is 1. The van der Waals surface area contributed by atoms with Gasteiger partial charge in [-0.15, -0.1) is 0 Å². The smallest absolute Gasteiger partial charge is 0.263 e. The second-order valence-electron chi connectivity index (χ2n) is 4.47. The lowest BCUT2D eigenvalue weighted by atomic mass is 10.2. The van der Waals surface area contributed by atoms with E-state index in [9.17, 15) is 4.79 Å². The van der Waals surface area contributed by atoms with Crippen LogP contribution in [0.15, 0.2) is 42.1 Å². The molecular formula is C15H17N3O2. The summed E-state index contributed by atoms with van der Waals surface area (Å²) in [4.78, 5) is 13.9. The van der Waals surface area contributed by atoms with Crippen molar-refractivity contribution in [3.05, 3.63) is 47.7 Å². The first-order valence-electron chi connectivity index (χ1n) is 6.55. The average Bonchev–Trinajstić information content (AvgIpc) is 2.52. The van der Waals surface area contributed by atoms with E-state index in [0.717, 1.165) is 5.56 Å². The Hall–Kier alpha value is -2.32. The summed E-state index contributed by atoms with van der Waals surface area (Å²) in [5, 5.41) is 11.8. The quantitative estimate of drug-likeness (QED) is 0.656. The molecule has 5 nitrogen and oxygen atoms in total. The summed E-state index contributed by atoms with van der Waals surface area (Å²) in [6.07, 6.45) is 1.61. The number of benzene rings is 1. The van der Waals surface area contributed by atoms with Gasteiger partial charge in [-0.2, -0.15) is 5.26 Å². The highest BCUT2D eigenvalue weighted by Gasteiger charge is 2.13. The van der Waals surface area contributed by atoms with Gasteiger partial charge >= 0.3 is 0 Å². The first kappa shape index (κ1) is 14.1. The van der Waals surface area contributed by atoms with Crippen LogP contribution in [0.4, 0.5) is 0 Å². The number of hydrogen-bond donors (Lipinski definition) is 1. The summed E-state index contributed by atoms with van der Waals surface area (Å²) >= 11 is 0. The lowest BCUT2D eigenvalue weighted by Crippen LogP contribution is -2.33. The molecule has 1 aliphatic heterocycles. The minimum absolute atomic E-state index is 0.128. The third kappa shape index (κ3) is 4.11. The van der Waals surface area contributed by atoms with Gasteiger partial charge in [0.05, 0.1) is 13.2 Å². The molecule has 5 heteroatoms. The van der Waals surface area contributed by atoms with Gasteiger partial charge in [0.1, 0.15) is 11.6 Å². The summed E-state index contributed by atoms with van der Waals surface area (Å²) in [6.45, 7) is 3.08. The number of carbonyl (C=O) groups is 1. The van der Waals surface area contributed by atoms with Gasteiger partial charge in [-0.25, -0.2) is 0 Å². The second-order valence-corrected chi connectivity index (χ2v) is 4.47. The third-order valence-electron chi connectivity index (χ3n) is 3.02. The van der Waals surface area contributed by atoms with Crippen molar-refractivity contribution < 1.29 is 9.53 Å². The molecule has 0 unspecified atom stereocenters. The van der Waals surface area contributed by atoms with Crippen LogP contribution in [0.2, 0.25) is 0 Å². The van der Waals surface area contributed by atoms with Gasteiger partial charge in [0, 0.05) is 25.8 Å². The zero-order valence-corrected chi connectivity index (χ0v) is 11.2. The number of nitrogens with zero attached hydrogens (tertiary/aromatic N) is 2. The van der Waals surface area contributed by atoms with Crippen LogP contribution in [0.1, 0.15) is 5.56 Å². The summed E-state index contributed by atoms with van der Waals surface area (Å²) in [6, 6.07) is 11.6. The Morgan fingerprint density at radius 3 is 2.70 bits per heavy atom. The second kappa shape index (κ2) is 7.31. The standard InChI is InChI=1S/C15H17N3O2/c16-10-14(12-18-6-8-20-9-7-18)15(19)17-11-13-4-2-1-3-5-13/h1-5,12H,6-9,11H2,(H,17,19)/b14-12+. The summed E-state index contributed by atoms with van der Waals surface area (Å²) in [5.41, 5.74) is 1.13. The van der Waals surface area contributed by atoms with Crippen LogP contribution in [0.5, 0.6) is 0 Å². The molecule has 20 heavy (non-hydrogen) atoms. The Morgan fingerprint density at radius 1 is 1.35 bits per heavy atom. The molecule has 1 amide bonds. The average molecular weight is 271 g/mol. The van der Waals surface area contributed by atoms with E-state index in [0.29, 0.717) is 32.8 Å². The SMILES string of the molecule is N#C/C(=C\N1CCOCC1)C(=O)NCc1ccccc1. The lowest BCUT2D eigenvalue weighted by Gasteiger charge is -2.25. The molecule has 0 radical (unpaired) electrons. The number of carbonyl (C=O) groups excluding carboxylic acids is 1. The van der Waals surface area contributed by atoms with Crippen molar-refractivity contribution in [2.75, 3.05) is 26.3 Å². The molecule has 1 heterocycles. The summed E-state index contributed by atoms with van der Waals surface area (Å²) in [7, 11) is 0. The van der Waals surface area contributed by atoms with Crippen LogP contribution < -0.4 is 5.32 Å². The molecule has 0 atom stereocenters. The molecule has 1 saturated heterocycles. The van der Waals surface area contributed by atoms with E-state index >= 15 is 0 Å². The molecule has 104 valence electrons. The summed E-state index contributed by atoms with van der Waals surface area (Å²) < 4.78 is 5.23. The molecule has 0 spiro atoms. The van der Waals surface area contributed by atoms with E-state index in [4.69, 9.17) is 10.00 Å². The number of rotatable bonds is 4. The largest absolute Gasteiger partial charge is 0.378 e. The molecule has 0 bridgehead atoms. The van der Waals surface area contributed by atoms with Gasteiger partial charge in [-0.05, 0) is 5.56 Å². The molecule has 1 aromatic carbocycles. The molecule has 1 aromatic rings. The number of ether oxygens (including phenoxy) is 1. The van der Waals surface area contributed by atoms with Crippen molar-refractivity contribution in [3.8, 4) is 6.07 Å². The van der Waals surface area contributed by atoms with E-state index < -0.39 is 0 Å². The van der Waals surface area contributed by atoms with Crippen molar-refractivity contribution in [1.82, 2.24) is 10.2 Å². The topological polar surface area (TPSA) is 65.4 Å². The number of hydrogen-bond acceptors (Lipinski definition) is 4. The van der Waals surface area contributed by atoms with Crippen LogP contribution in [-0.4, -0.2) is 37.1 Å². The third-order valence-corrected chi connectivity index (χ3v) is 3.02. The van der Waals surface area contributed by atoms with Crippen LogP contribution in [-0.2, 0) is 16.1 Å². The number of morpholine rings is 1. The van der Waals surface area contributed by atoms with Crippen molar-refractivity contribution in [2.45, 2.75) is 6.54 Å². The van der Waals surface area contributed by atoms with Gasteiger partial charge < -0.3 is 15.0 Å². The fraction of sp³-hybridized carbons (Fsp3) is 0.333. The molecule has 1 N–H and O–H groups in total. The lowest BCUT2D eigenvalue weighted by molar-refractivity contribution is -0.117. The molecule has 1 fully saturated rings. The van der Waals surface area contributed by atoms with Crippen molar-refractivity contribution >= 4 is 5.91 Å². The van der Waals surface area contributed by atoms with Gasteiger partial charge in [-0.3, -0.25) is 4.79 Å². The van der Waals surface area contributed by atoms with Gasteiger partial charge in [0.2, 0.25) is 0 Å². The van der Waals surface area contributed by atoms with Gasteiger partial charge in [0.15, 0.2) is 0 Å². The highest BCUT2D eigenvalue weighted by Crippen LogP contribution is 2.03. The Balaban J connectivity index is 1.92. The zero-order chi connectivity index (χ0) is 14.2. The Labute approximate surface area is 118 Å². The van der Waals surface area contributed by atoms with Crippen molar-refractivity contribution in [2.24, 2.45) is 0 Å². The Morgan fingerprint density at radius 2 is 2.05 bits per heavy atom. The fourth-order valence-corrected chi connectivity index (χ4v) is 1.90. The van der Waals surface area contributed by atoms with Crippen LogP contribution >= 0.6 is 0 Å². The molecule has 2 rings (SSSR count). The maximum absolute atomic E-state index is 12.0. The van der Waals surface area contributed by atoms with E-state index in [2.05, 4.69) is 5.32 Å². The van der Waals surface area contributed by atoms with Crippen LogP contribution in [0.25, 0.3) is 0 Å². The predicted molar refractivity (Wildman–Crippen MR) is 74.4 cm³/mol. The summed E-state index contributed by atoms with van der Waals surface area (Å²) in [5.74, 6) is -0.345. The Bertz CT molecular complexity index is 514. The van der Waals surface area contributed by atoms with E-state index in [1.165, 1.54) is 0 Å². The van der Waals surface area contributed by atoms with Crippen molar-refractivity contribution in [1.29, 1.82) is 5.26 Å². The molecule has 0 aliphatic carbocycles. The molecule has 0 aromatic heterocycles. The van der Waals surface area contributed by atoms with Crippen LogP contribution in [0.3, 0.4) is 0 Å². The first-order valence-corrected chi connectivity index (χ1v) is 6.55. The zero-order valence-electron chi connectivity index (χ0n) is 11.2. The molecular weight excluding hydrogens is 254 g/mol. The predicted octanol–water partition coefficient (Wildman–Crippen LogP) is 1.04. The molecule has 1 aliphatic rings.